The highest BCUT2D eigenvalue weighted by Gasteiger charge is 2.37. The highest BCUT2D eigenvalue weighted by molar-refractivity contribution is 6.01. The van der Waals surface area contributed by atoms with Crippen LogP contribution in [-0.4, -0.2) is 34.4 Å². The van der Waals surface area contributed by atoms with E-state index in [9.17, 15) is 4.79 Å². The van der Waals surface area contributed by atoms with Crippen molar-refractivity contribution in [1.82, 2.24) is 4.90 Å². The van der Waals surface area contributed by atoms with E-state index >= 15 is 0 Å². The van der Waals surface area contributed by atoms with Crippen molar-refractivity contribution in [3.8, 4) is 0 Å². The van der Waals surface area contributed by atoms with E-state index in [1.165, 1.54) is 25.7 Å². The molecule has 102 valence electrons. The van der Waals surface area contributed by atoms with Crippen molar-refractivity contribution in [1.29, 1.82) is 0 Å². The summed E-state index contributed by atoms with van der Waals surface area (Å²) in [5.74, 6) is 0.173. The second-order valence-corrected chi connectivity index (χ2v) is 5.53. The smallest absolute Gasteiger partial charge is 0.233 e. The minimum atomic E-state index is -0.518. The van der Waals surface area contributed by atoms with Crippen LogP contribution in [-0.2, 0) is 4.79 Å². The van der Waals surface area contributed by atoms with Crippen LogP contribution in [0, 0.1) is 11.8 Å². The average molecular weight is 253 g/mol. The predicted octanol–water partition coefficient (Wildman–Crippen LogP) is 1.55. The highest BCUT2D eigenvalue weighted by atomic mass is 16.4. The zero-order chi connectivity index (χ0) is 13.1. The Balaban J connectivity index is 2.08. The lowest BCUT2D eigenvalue weighted by molar-refractivity contribution is -0.139. The van der Waals surface area contributed by atoms with Gasteiger partial charge in [0.05, 0.1) is 5.92 Å². The molecule has 1 aliphatic heterocycles. The Bertz CT molecular complexity index is 341. The summed E-state index contributed by atoms with van der Waals surface area (Å²) in [6.45, 7) is 2.53. The molecule has 0 bridgehead atoms. The summed E-state index contributed by atoms with van der Waals surface area (Å²) < 4.78 is 0. The van der Waals surface area contributed by atoms with Crippen LogP contribution in [0.5, 0.6) is 0 Å². The molecule has 0 radical (unpaired) electrons. The summed E-state index contributed by atoms with van der Waals surface area (Å²) in [4.78, 5) is 14.4. The molecule has 1 saturated heterocycles. The molecular formula is C13H23N3O2. The third-order valence-electron chi connectivity index (χ3n) is 4.46. The number of piperidine rings is 1. The minimum absolute atomic E-state index is 0.0120. The Morgan fingerprint density at radius 2 is 2.00 bits per heavy atom. The summed E-state index contributed by atoms with van der Waals surface area (Å²) >= 11 is 0. The van der Waals surface area contributed by atoms with E-state index in [1.807, 2.05) is 4.90 Å². The van der Waals surface area contributed by atoms with Crippen LogP contribution in [0.15, 0.2) is 5.16 Å². The first kappa shape index (κ1) is 13.2. The molecule has 3 N–H and O–H groups in total. The van der Waals surface area contributed by atoms with Crippen LogP contribution < -0.4 is 5.73 Å². The van der Waals surface area contributed by atoms with Gasteiger partial charge in [-0.3, -0.25) is 4.79 Å². The average Bonchev–Trinajstić information content (AvgIpc) is 2.44. The van der Waals surface area contributed by atoms with Crippen molar-refractivity contribution >= 4 is 11.7 Å². The van der Waals surface area contributed by atoms with Gasteiger partial charge in [0.1, 0.15) is 0 Å². The number of oxime groups is 1. The zero-order valence-electron chi connectivity index (χ0n) is 11.0. The first-order chi connectivity index (χ1) is 8.65. The Morgan fingerprint density at radius 3 is 2.72 bits per heavy atom. The number of amides is 1. The molecule has 0 aromatic rings. The topological polar surface area (TPSA) is 78.9 Å². The number of nitrogens with two attached hydrogens (primary N) is 1. The molecule has 1 saturated carbocycles. The van der Waals surface area contributed by atoms with Gasteiger partial charge in [0, 0.05) is 12.6 Å². The fourth-order valence-electron chi connectivity index (χ4n) is 3.36. The molecule has 0 spiro atoms. The molecule has 0 aromatic heterocycles. The van der Waals surface area contributed by atoms with Crippen molar-refractivity contribution in [2.45, 2.75) is 51.5 Å². The molecule has 2 aliphatic rings. The van der Waals surface area contributed by atoms with Crippen molar-refractivity contribution in [3.05, 3.63) is 0 Å². The van der Waals surface area contributed by atoms with E-state index in [0.29, 0.717) is 12.0 Å². The van der Waals surface area contributed by atoms with Crippen LogP contribution >= 0.6 is 0 Å². The molecule has 3 atom stereocenters. The van der Waals surface area contributed by atoms with Crippen molar-refractivity contribution in [2.24, 2.45) is 22.7 Å². The molecule has 2 rings (SSSR count). The highest BCUT2D eigenvalue weighted by Crippen LogP contribution is 2.35. The third-order valence-corrected chi connectivity index (χ3v) is 4.46. The van der Waals surface area contributed by atoms with Crippen LogP contribution in [0.3, 0.4) is 0 Å². The van der Waals surface area contributed by atoms with Crippen LogP contribution in [0.1, 0.15) is 45.4 Å². The molecule has 18 heavy (non-hydrogen) atoms. The number of rotatable bonds is 2. The zero-order valence-corrected chi connectivity index (χ0v) is 11.0. The first-order valence-corrected chi connectivity index (χ1v) is 6.93. The lowest BCUT2D eigenvalue weighted by atomic mass is 9.78. The Labute approximate surface area is 108 Å². The van der Waals surface area contributed by atoms with Gasteiger partial charge < -0.3 is 15.8 Å². The van der Waals surface area contributed by atoms with Gasteiger partial charge in [0.15, 0.2) is 5.84 Å². The quantitative estimate of drug-likeness (QED) is 0.339. The van der Waals surface area contributed by atoms with Crippen LogP contribution in [0.25, 0.3) is 0 Å². The number of carbonyl (C=O) groups excluding carboxylic acids is 1. The van der Waals surface area contributed by atoms with E-state index in [4.69, 9.17) is 10.9 Å². The number of likely N-dealkylation sites (tertiary alicyclic amines) is 1. The maximum absolute atomic E-state index is 12.4. The maximum Gasteiger partial charge on any atom is 0.233 e. The van der Waals surface area contributed by atoms with Gasteiger partial charge in [-0.05, 0) is 38.5 Å². The summed E-state index contributed by atoms with van der Waals surface area (Å²) in [6.07, 6.45) is 7.18. The van der Waals surface area contributed by atoms with Crippen LogP contribution in [0.2, 0.25) is 0 Å². The van der Waals surface area contributed by atoms with E-state index in [-0.39, 0.29) is 11.7 Å². The van der Waals surface area contributed by atoms with Gasteiger partial charge in [-0.1, -0.05) is 18.0 Å². The van der Waals surface area contributed by atoms with Crippen LogP contribution in [0.4, 0.5) is 0 Å². The van der Waals surface area contributed by atoms with E-state index in [2.05, 4.69) is 5.16 Å². The Hall–Kier alpha value is -1.26. The largest absolute Gasteiger partial charge is 0.409 e. The van der Waals surface area contributed by atoms with Crippen molar-refractivity contribution in [3.63, 3.8) is 0 Å². The Kier molecular flexibility index (Phi) is 4.09. The number of fused-ring (bicyclic) bond motifs is 1. The van der Waals surface area contributed by atoms with Crippen molar-refractivity contribution < 1.29 is 10.0 Å². The molecule has 3 unspecified atom stereocenters. The number of hydrogen-bond donors (Lipinski definition) is 2. The third kappa shape index (κ3) is 2.44. The molecule has 1 amide bonds. The van der Waals surface area contributed by atoms with E-state index < -0.39 is 5.92 Å². The molecule has 5 heteroatoms. The SMILES string of the molecule is CC(C(=O)N1CCCC2CCCCC21)C(N)=NO. The van der Waals surface area contributed by atoms with Gasteiger partial charge in [-0.25, -0.2) is 0 Å². The second kappa shape index (κ2) is 5.59. The number of carbonyl (C=O) groups is 1. The summed E-state index contributed by atoms with van der Waals surface area (Å²) in [5.41, 5.74) is 5.54. The number of hydrogen-bond acceptors (Lipinski definition) is 3. The van der Waals surface area contributed by atoms with Gasteiger partial charge in [-0.15, -0.1) is 0 Å². The van der Waals surface area contributed by atoms with Gasteiger partial charge in [0.25, 0.3) is 0 Å². The first-order valence-electron chi connectivity index (χ1n) is 6.93. The molecule has 2 fully saturated rings. The molecular weight excluding hydrogens is 230 g/mol. The Morgan fingerprint density at radius 1 is 1.33 bits per heavy atom. The van der Waals surface area contributed by atoms with Gasteiger partial charge >= 0.3 is 0 Å². The lowest BCUT2D eigenvalue weighted by Crippen LogP contribution is -2.52. The summed E-state index contributed by atoms with van der Waals surface area (Å²) in [6, 6.07) is 0.383. The lowest BCUT2D eigenvalue weighted by Gasteiger charge is -2.44. The summed E-state index contributed by atoms with van der Waals surface area (Å²) in [7, 11) is 0. The predicted molar refractivity (Wildman–Crippen MR) is 69.3 cm³/mol. The van der Waals surface area contributed by atoms with Gasteiger partial charge in [-0.2, -0.15) is 0 Å². The van der Waals surface area contributed by atoms with Gasteiger partial charge in [0.2, 0.25) is 5.91 Å². The molecule has 0 aromatic carbocycles. The molecule has 1 heterocycles. The molecule has 1 aliphatic carbocycles. The minimum Gasteiger partial charge on any atom is -0.409 e. The van der Waals surface area contributed by atoms with E-state index in [0.717, 1.165) is 19.4 Å². The summed E-state index contributed by atoms with van der Waals surface area (Å²) in [5, 5.41) is 11.6. The number of amidine groups is 1. The normalized spacial score (nSPS) is 30.7. The number of nitrogens with zero attached hydrogens (tertiary/aromatic N) is 2. The molecule has 5 nitrogen and oxygen atoms in total. The standard InChI is InChI=1S/C13H23N3O2/c1-9(12(14)15-18)13(17)16-8-4-6-10-5-2-3-7-11(10)16/h9-11,18H,2-8H2,1H3,(H2,14,15). The monoisotopic (exact) mass is 253 g/mol. The second-order valence-electron chi connectivity index (χ2n) is 5.53. The van der Waals surface area contributed by atoms with Crippen molar-refractivity contribution in [2.75, 3.05) is 6.54 Å². The fraction of sp³-hybridized carbons (Fsp3) is 0.846. The fourth-order valence-corrected chi connectivity index (χ4v) is 3.36. The maximum atomic E-state index is 12.4. The van der Waals surface area contributed by atoms with E-state index in [1.54, 1.807) is 6.92 Å².